The topological polar surface area (TPSA) is 32.6 Å². The van der Waals surface area contributed by atoms with E-state index in [1.165, 1.54) is 11.2 Å². The van der Waals surface area contributed by atoms with Gasteiger partial charge in [0.05, 0.1) is 11.7 Å². The van der Waals surface area contributed by atoms with Crippen molar-refractivity contribution in [3.63, 3.8) is 0 Å². The van der Waals surface area contributed by atoms with Gasteiger partial charge in [0.25, 0.3) is 0 Å². The maximum absolute atomic E-state index is 4.51. The van der Waals surface area contributed by atoms with E-state index in [-0.39, 0.29) is 0 Å². The Morgan fingerprint density at radius 1 is 1.28 bits per heavy atom. The van der Waals surface area contributed by atoms with Crippen molar-refractivity contribution in [2.45, 2.75) is 19.8 Å². The van der Waals surface area contributed by atoms with Gasteiger partial charge in [-0.15, -0.1) is 0 Å². The first-order chi connectivity index (χ1) is 8.75. The van der Waals surface area contributed by atoms with Crippen molar-refractivity contribution >= 4 is 11.2 Å². The Kier molecular flexibility index (Phi) is 2.96. The highest BCUT2D eigenvalue weighted by Crippen LogP contribution is 2.21. The first-order valence-electron chi connectivity index (χ1n) is 6.68. The number of nitrogens with zero attached hydrogens (tertiary/aromatic N) is 3. The van der Waals surface area contributed by atoms with Crippen LogP contribution in [0, 0.1) is 0 Å². The van der Waals surface area contributed by atoms with Crippen molar-refractivity contribution in [3.05, 3.63) is 30.4 Å². The Balaban J connectivity index is 1.96. The zero-order valence-corrected chi connectivity index (χ0v) is 11.1. The van der Waals surface area contributed by atoms with Crippen LogP contribution in [0.1, 0.15) is 25.6 Å². The number of imidazole rings is 1. The summed E-state index contributed by atoms with van der Waals surface area (Å²) in [4.78, 5) is 6.94. The van der Waals surface area contributed by atoms with E-state index >= 15 is 0 Å². The third-order valence-electron chi connectivity index (χ3n) is 3.54. The summed E-state index contributed by atoms with van der Waals surface area (Å²) in [6, 6.07) is 4.44. The van der Waals surface area contributed by atoms with Crippen LogP contribution in [0.2, 0.25) is 0 Å². The third kappa shape index (κ3) is 1.97. The van der Waals surface area contributed by atoms with Crippen LogP contribution in [0.4, 0.5) is 5.69 Å². The lowest BCUT2D eigenvalue weighted by Crippen LogP contribution is -2.43. The summed E-state index contributed by atoms with van der Waals surface area (Å²) in [5.41, 5.74) is 2.49. The van der Waals surface area contributed by atoms with Crippen molar-refractivity contribution in [2.75, 3.05) is 31.1 Å². The van der Waals surface area contributed by atoms with Crippen molar-refractivity contribution in [1.29, 1.82) is 0 Å². The minimum absolute atomic E-state index is 0.456. The number of hydrogen-bond donors (Lipinski definition) is 1. The van der Waals surface area contributed by atoms with Crippen LogP contribution in [0.3, 0.4) is 0 Å². The van der Waals surface area contributed by atoms with E-state index in [1.54, 1.807) is 0 Å². The number of fused-ring (bicyclic) bond motifs is 1. The molecule has 0 radical (unpaired) electrons. The van der Waals surface area contributed by atoms with Crippen molar-refractivity contribution in [2.24, 2.45) is 0 Å². The number of anilines is 1. The molecule has 0 spiro atoms. The van der Waals surface area contributed by atoms with E-state index in [9.17, 15) is 0 Å². The first-order valence-corrected chi connectivity index (χ1v) is 6.68. The molecule has 0 aromatic carbocycles. The fraction of sp³-hybridized carbons (Fsp3) is 0.500. The van der Waals surface area contributed by atoms with E-state index in [2.05, 4.69) is 51.8 Å². The molecule has 3 rings (SSSR count). The van der Waals surface area contributed by atoms with Gasteiger partial charge in [0.15, 0.2) is 0 Å². The molecule has 0 unspecified atom stereocenters. The minimum atomic E-state index is 0.456. The van der Waals surface area contributed by atoms with E-state index in [0.717, 1.165) is 32.0 Å². The molecule has 0 atom stereocenters. The molecule has 4 heteroatoms. The van der Waals surface area contributed by atoms with E-state index in [4.69, 9.17) is 0 Å². The average Bonchev–Trinajstić information content (AvgIpc) is 2.82. The second-order valence-electron chi connectivity index (χ2n) is 5.19. The molecule has 0 bridgehead atoms. The molecule has 2 aromatic heterocycles. The fourth-order valence-corrected chi connectivity index (χ4v) is 2.56. The van der Waals surface area contributed by atoms with E-state index in [0.29, 0.717) is 5.92 Å². The molecule has 0 amide bonds. The van der Waals surface area contributed by atoms with E-state index < -0.39 is 0 Å². The lowest BCUT2D eigenvalue weighted by Gasteiger charge is -2.29. The third-order valence-corrected chi connectivity index (χ3v) is 3.54. The molecule has 96 valence electrons. The summed E-state index contributed by atoms with van der Waals surface area (Å²) in [6.07, 6.45) is 4.12. The van der Waals surface area contributed by atoms with Gasteiger partial charge in [0.1, 0.15) is 5.82 Å². The molecule has 4 nitrogen and oxygen atoms in total. The number of rotatable bonds is 2. The average molecular weight is 244 g/mol. The molecule has 0 saturated carbocycles. The summed E-state index contributed by atoms with van der Waals surface area (Å²) >= 11 is 0. The number of hydrogen-bond acceptors (Lipinski definition) is 3. The van der Waals surface area contributed by atoms with Crippen LogP contribution >= 0.6 is 0 Å². The molecular weight excluding hydrogens is 224 g/mol. The first kappa shape index (κ1) is 11.5. The molecule has 0 aliphatic carbocycles. The molecule has 1 saturated heterocycles. The smallest absolute Gasteiger partial charge is 0.115 e. The predicted molar refractivity (Wildman–Crippen MR) is 74.4 cm³/mol. The summed E-state index contributed by atoms with van der Waals surface area (Å²) in [5.74, 6) is 1.59. The van der Waals surface area contributed by atoms with Crippen molar-refractivity contribution in [3.8, 4) is 0 Å². The molecule has 1 aliphatic heterocycles. The van der Waals surface area contributed by atoms with Gasteiger partial charge in [0.2, 0.25) is 0 Å². The Morgan fingerprint density at radius 2 is 2.06 bits per heavy atom. The highest BCUT2D eigenvalue weighted by atomic mass is 15.2. The summed E-state index contributed by atoms with van der Waals surface area (Å²) in [7, 11) is 0. The highest BCUT2D eigenvalue weighted by Gasteiger charge is 2.12. The monoisotopic (exact) mass is 244 g/mol. The van der Waals surface area contributed by atoms with Gasteiger partial charge >= 0.3 is 0 Å². The van der Waals surface area contributed by atoms with Gasteiger partial charge in [-0.05, 0) is 12.1 Å². The van der Waals surface area contributed by atoms with Gasteiger partial charge in [-0.25, -0.2) is 4.98 Å². The molecule has 3 heterocycles. The second kappa shape index (κ2) is 4.61. The van der Waals surface area contributed by atoms with Crippen LogP contribution in [-0.2, 0) is 0 Å². The van der Waals surface area contributed by atoms with Crippen molar-refractivity contribution in [1.82, 2.24) is 14.7 Å². The van der Waals surface area contributed by atoms with Crippen LogP contribution in [0.25, 0.3) is 5.52 Å². The normalized spacial score (nSPS) is 16.7. The maximum Gasteiger partial charge on any atom is 0.115 e. The number of nitrogens with one attached hydrogen (secondary N) is 1. The van der Waals surface area contributed by atoms with Crippen LogP contribution in [-0.4, -0.2) is 35.6 Å². The Bertz CT molecular complexity index is 538. The van der Waals surface area contributed by atoms with Gasteiger partial charge in [-0.3, -0.25) is 0 Å². The molecule has 18 heavy (non-hydrogen) atoms. The summed E-state index contributed by atoms with van der Waals surface area (Å²) in [6.45, 7) is 8.67. The molecule has 1 aliphatic rings. The van der Waals surface area contributed by atoms with Crippen LogP contribution in [0.5, 0.6) is 0 Å². The molecule has 2 aromatic rings. The van der Waals surface area contributed by atoms with Crippen LogP contribution < -0.4 is 10.2 Å². The molecule has 1 fully saturated rings. The molecular formula is C14H20N4. The van der Waals surface area contributed by atoms with Gasteiger partial charge in [0, 0.05) is 44.0 Å². The van der Waals surface area contributed by atoms with Crippen LogP contribution in [0.15, 0.2) is 24.5 Å². The zero-order valence-electron chi connectivity index (χ0n) is 11.1. The Morgan fingerprint density at radius 3 is 2.78 bits per heavy atom. The maximum atomic E-state index is 4.51. The predicted octanol–water partition coefficient (Wildman–Crippen LogP) is 1.87. The standard InChI is InChI=1S/C14H20N4/c1-11(2)14-16-10-13-9-12(3-6-18(13)14)17-7-4-15-5-8-17/h3,6,9-11,15H,4-5,7-8H2,1-2H3. The van der Waals surface area contributed by atoms with Gasteiger partial charge in [-0.2, -0.15) is 0 Å². The number of aromatic nitrogens is 2. The van der Waals surface area contributed by atoms with Gasteiger partial charge in [-0.1, -0.05) is 13.8 Å². The Hall–Kier alpha value is -1.55. The molecule has 1 N–H and O–H groups in total. The summed E-state index contributed by atoms with van der Waals surface area (Å²) < 4.78 is 2.19. The lowest BCUT2D eigenvalue weighted by molar-refractivity contribution is 0.589. The minimum Gasteiger partial charge on any atom is -0.369 e. The largest absolute Gasteiger partial charge is 0.369 e. The zero-order chi connectivity index (χ0) is 12.5. The fourth-order valence-electron chi connectivity index (χ4n) is 2.56. The summed E-state index contributed by atoms with van der Waals surface area (Å²) in [5, 5.41) is 3.38. The lowest BCUT2D eigenvalue weighted by atomic mass is 10.2. The second-order valence-corrected chi connectivity index (χ2v) is 5.19. The van der Waals surface area contributed by atoms with Gasteiger partial charge < -0.3 is 14.6 Å². The Labute approximate surface area is 108 Å². The number of piperazine rings is 1. The van der Waals surface area contributed by atoms with E-state index in [1.807, 2.05) is 6.20 Å². The SMILES string of the molecule is CC(C)c1ncc2cc(N3CCNCC3)ccn12. The van der Waals surface area contributed by atoms with Crippen molar-refractivity contribution < 1.29 is 0 Å². The quantitative estimate of drug-likeness (QED) is 0.875. The highest BCUT2D eigenvalue weighted by molar-refractivity contribution is 5.59. The number of pyridine rings is 1.